The fraction of sp³-hybridized carbons (Fsp3) is 0.571. The number of nitrogens with zero attached hydrogens (tertiary/aromatic N) is 1. The topological polar surface area (TPSA) is 23.5 Å². The smallest absolute Gasteiger partial charge is 0.143 e. The lowest BCUT2D eigenvalue weighted by atomic mass is 9.92. The van der Waals surface area contributed by atoms with Gasteiger partial charge in [0, 0.05) is 12.6 Å². The summed E-state index contributed by atoms with van der Waals surface area (Å²) in [5.41, 5.74) is 1.23. The molecular weight excluding hydrogens is 358 g/mol. The minimum absolute atomic E-state index is 0.277. The van der Waals surface area contributed by atoms with Crippen molar-refractivity contribution < 1.29 is 5.11 Å². The lowest BCUT2D eigenvalue weighted by Crippen LogP contribution is -2.41. The second kappa shape index (κ2) is 5.93. The quantitative estimate of drug-likeness (QED) is 0.819. The number of hydrogen-bond donors (Lipinski definition) is 1. The molecule has 0 amide bonds. The monoisotopic (exact) mass is 375 g/mol. The van der Waals surface area contributed by atoms with E-state index in [0.717, 1.165) is 21.4 Å². The molecule has 0 spiro atoms. The molecule has 2 atom stereocenters. The van der Waals surface area contributed by atoms with E-state index in [1.807, 2.05) is 12.1 Å². The van der Waals surface area contributed by atoms with E-state index >= 15 is 0 Å². The van der Waals surface area contributed by atoms with Gasteiger partial charge in [-0.1, -0.05) is 6.92 Å². The van der Waals surface area contributed by atoms with Gasteiger partial charge in [-0.3, -0.25) is 4.90 Å². The SMILES string of the molecule is CC1CCCN(Cc2cc(Br)c(O)c(Br)c2)C1C. The van der Waals surface area contributed by atoms with Crippen LogP contribution in [0.15, 0.2) is 21.1 Å². The fourth-order valence-corrected chi connectivity index (χ4v) is 3.87. The van der Waals surface area contributed by atoms with Crippen LogP contribution in [0.2, 0.25) is 0 Å². The van der Waals surface area contributed by atoms with Crippen molar-refractivity contribution in [2.45, 2.75) is 39.3 Å². The molecule has 2 unspecified atom stereocenters. The highest BCUT2D eigenvalue weighted by atomic mass is 79.9. The molecule has 100 valence electrons. The van der Waals surface area contributed by atoms with E-state index in [9.17, 15) is 5.11 Å². The second-order valence-corrected chi connectivity index (χ2v) is 6.95. The first-order valence-electron chi connectivity index (χ1n) is 6.40. The standard InChI is InChI=1S/C14H19Br2NO/c1-9-4-3-5-17(10(9)2)8-11-6-12(15)14(18)13(16)7-11/h6-7,9-10,18H,3-5,8H2,1-2H3. The largest absolute Gasteiger partial charge is 0.506 e. The number of piperidine rings is 1. The highest BCUT2D eigenvalue weighted by molar-refractivity contribution is 9.11. The molecule has 4 heteroatoms. The Balaban J connectivity index is 2.14. The maximum absolute atomic E-state index is 9.72. The van der Waals surface area contributed by atoms with Crippen LogP contribution in [0.25, 0.3) is 0 Å². The van der Waals surface area contributed by atoms with Crippen LogP contribution in [0, 0.1) is 5.92 Å². The van der Waals surface area contributed by atoms with Crippen LogP contribution >= 0.6 is 31.9 Å². The highest BCUT2D eigenvalue weighted by Gasteiger charge is 2.24. The van der Waals surface area contributed by atoms with Gasteiger partial charge in [-0.2, -0.15) is 0 Å². The number of likely N-dealkylation sites (tertiary alicyclic amines) is 1. The van der Waals surface area contributed by atoms with Crippen LogP contribution in [0.1, 0.15) is 32.3 Å². The van der Waals surface area contributed by atoms with Crippen LogP contribution in [-0.4, -0.2) is 22.6 Å². The van der Waals surface area contributed by atoms with Gasteiger partial charge >= 0.3 is 0 Å². The third-order valence-electron chi connectivity index (χ3n) is 3.97. The molecule has 1 saturated heterocycles. The Morgan fingerprint density at radius 2 is 1.89 bits per heavy atom. The normalized spacial score (nSPS) is 25.3. The van der Waals surface area contributed by atoms with Crippen molar-refractivity contribution in [2.75, 3.05) is 6.54 Å². The van der Waals surface area contributed by atoms with Gasteiger partial charge in [0.1, 0.15) is 5.75 Å². The number of hydrogen-bond acceptors (Lipinski definition) is 2. The van der Waals surface area contributed by atoms with Gasteiger partial charge in [0.05, 0.1) is 8.95 Å². The summed E-state index contributed by atoms with van der Waals surface area (Å²) in [7, 11) is 0. The molecule has 0 aromatic heterocycles. The van der Waals surface area contributed by atoms with Crippen molar-refractivity contribution in [3.63, 3.8) is 0 Å². The van der Waals surface area contributed by atoms with E-state index in [1.165, 1.54) is 24.9 Å². The van der Waals surface area contributed by atoms with Crippen LogP contribution in [-0.2, 0) is 6.54 Å². The number of halogens is 2. The Hall–Kier alpha value is -0.0600. The lowest BCUT2D eigenvalue weighted by Gasteiger charge is -2.38. The fourth-order valence-electron chi connectivity index (χ4n) is 2.59. The van der Waals surface area contributed by atoms with Crippen molar-refractivity contribution in [1.29, 1.82) is 0 Å². The number of phenolic OH excluding ortho intramolecular Hbond substituents is 1. The molecule has 2 nitrogen and oxygen atoms in total. The first-order valence-corrected chi connectivity index (χ1v) is 7.98. The molecule has 1 aromatic carbocycles. The van der Waals surface area contributed by atoms with E-state index in [1.54, 1.807) is 0 Å². The summed E-state index contributed by atoms with van der Waals surface area (Å²) >= 11 is 6.78. The molecule has 1 fully saturated rings. The van der Waals surface area contributed by atoms with E-state index in [2.05, 4.69) is 50.6 Å². The van der Waals surface area contributed by atoms with Gasteiger partial charge in [0.25, 0.3) is 0 Å². The van der Waals surface area contributed by atoms with Gasteiger partial charge in [-0.05, 0) is 81.8 Å². The number of phenols is 1. The summed E-state index contributed by atoms with van der Waals surface area (Å²) in [6.45, 7) is 6.76. The number of aromatic hydroxyl groups is 1. The average molecular weight is 377 g/mol. The maximum Gasteiger partial charge on any atom is 0.143 e. The van der Waals surface area contributed by atoms with Gasteiger partial charge < -0.3 is 5.11 Å². The Kier molecular flexibility index (Phi) is 4.73. The zero-order valence-electron chi connectivity index (χ0n) is 10.8. The first-order chi connectivity index (χ1) is 8.49. The molecule has 1 heterocycles. The summed E-state index contributed by atoms with van der Waals surface area (Å²) in [6.07, 6.45) is 2.62. The molecule has 1 aliphatic rings. The summed E-state index contributed by atoms with van der Waals surface area (Å²) in [5.74, 6) is 1.04. The van der Waals surface area contributed by atoms with Gasteiger partial charge in [-0.25, -0.2) is 0 Å². The minimum atomic E-state index is 0.277. The van der Waals surface area contributed by atoms with Gasteiger partial charge in [0.2, 0.25) is 0 Å². The third kappa shape index (κ3) is 3.09. The highest BCUT2D eigenvalue weighted by Crippen LogP contribution is 2.34. The summed E-state index contributed by atoms with van der Waals surface area (Å²) in [5, 5.41) is 9.72. The Morgan fingerprint density at radius 1 is 1.28 bits per heavy atom. The molecule has 1 aromatic rings. The van der Waals surface area contributed by atoms with Crippen molar-refractivity contribution >= 4 is 31.9 Å². The minimum Gasteiger partial charge on any atom is -0.506 e. The molecule has 1 aliphatic heterocycles. The summed E-state index contributed by atoms with van der Waals surface area (Å²) in [4.78, 5) is 2.53. The van der Waals surface area contributed by atoms with Crippen LogP contribution < -0.4 is 0 Å². The molecule has 0 aliphatic carbocycles. The first kappa shape index (κ1) is 14.4. The summed E-state index contributed by atoms with van der Waals surface area (Å²) in [6, 6.07) is 4.64. The van der Waals surface area contributed by atoms with Crippen molar-refractivity contribution in [3.05, 3.63) is 26.6 Å². The van der Waals surface area contributed by atoms with E-state index in [-0.39, 0.29) is 5.75 Å². The Morgan fingerprint density at radius 3 is 2.50 bits per heavy atom. The number of benzene rings is 1. The third-order valence-corrected chi connectivity index (χ3v) is 5.18. The van der Waals surface area contributed by atoms with Crippen LogP contribution in [0.4, 0.5) is 0 Å². The van der Waals surface area contributed by atoms with Crippen LogP contribution in [0.5, 0.6) is 5.75 Å². The predicted molar refractivity (Wildman–Crippen MR) is 81.8 cm³/mol. The van der Waals surface area contributed by atoms with E-state index in [0.29, 0.717) is 6.04 Å². The lowest BCUT2D eigenvalue weighted by molar-refractivity contribution is 0.106. The molecule has 0 saturated carbocycles. The maximum atomic E-state index is 9.72. The molecule has 1 N–H and O–H groups in total. The Bertz CT molecular complexity index is 413. The molecule has 0 bridgehead atoms. The predicted octanol–water partition coefficient (Wildman–Crippen LogP) is 4.54. The van der Waals surface area contributed by atoms with Gasteiger partial charge in [0.15, 0.2) is 0 Å². The van der Waals surface area contributed by atoms with E-state index < -0.39 is 0 Å². The van der Waals surface area contributed by atoms with Crippen molar-refractivity contribution in [3.8, 4) is 5.75 Å². The van der Waals surface area contributed by atoms with Gasteiger partial charge in [-0.15, -0.1) is 0 Å². The van der Waals surface area contributed by atoms with Crippen LogP contribution in [0.3, 0.4) is 0 Å². The van der Waals surface area contributed by atoms with Crippen molar-refractivity contribution in [2.24, 2.45) is 5.92 Å². The summed E-state index contributed by atoms with van der Waals surface area (Å²) < 4.78 is 1.51. The van der Waals surface area contributed by atoms with E-state index in [4.69, 9.17) is 0 Å². The molecule has 2 rings (SSSR count). The zero-order chi connectivity index (χ0) is 13.3. The Labute approximate surface area is 126 Å². The van der Waals surface area contributed by atoms with Crippen molar-refractivity contribution in [1.82, 2.24) is 4.90 Å². The average Bonchev–Trinajstić information content (AvgIpc) is 2.32. The zero-order valence-corrected chi connectivity index (χ0v) is 14.0. The molecular formula is C14H19Br2NO. The second-order valence-electron chi connectivity index (χ2n) is 5.24. The molecule has 0 radical (unpaired) electrons. The number of rotatable bonds is 2. The molecule has 18 heavy (non-hydrogen) atoms.